The Kier molecular flexibility index (Phi) is 3.74. The number of imidazole rings is 1. The Morgan fingerprint density at radius 1 is 1.32 bits per heavy atom. The van der Waals surface area contributed by atoms with Gasteiger partial charge in [0.15, 0.2) is 21.0 Å². The van der Waals surface area contributed by atoms with E-state index >= 15 is 0 Å². The Balaban J connectivity index is 1.74. The van der Waals surface area contributed by atoms with Crippen LogP contribution in [0.5, 0.6) is 0 Å². The summed E-state index contributed by atoms with van der Waals surface area (Å²) >= 11 is 7.33. The van der Waals surface area contributed by atoms with E-state index in [1.807, 2.05) is 13.1 Å². The third-order valence-electron chi connectivity index (χ3n) is 3.52. The molecule has 8 nitrogen and oxygen atoms in total. The lowest BCUT2D eigenvalue weighted by Crippen LogP contribution is -2.15. The topological polar surface area (TPSA) is 94.2 Å². The summed E-state index contributed by atoms with van der Waals surface area (Å²) in [6.07, 6.45) is 3.19. The van der Waals surface area contributed by atoms with E-state index in [2.05, 4.69) is 19.9 Å². The minimum atomic E-state index is -3.91. The summed E-state index contributed by atoms with van der Waals surface area (Å²) in [5, 5.41) is 9.44. The van der Waals surface area contributed by atoms with E-state index in [4.69, 9.17) is 11.6 Å². The van der Waals surface area contributed by atoms with Gasteiger partial charge < -0.3 is 4.57 Å². The van der Waals surface area contributed by atoms with Gasteiger partial charge in [-0.25, -0.2) is 4.98 Å². The highest BCUT2D eigenvalue weighted by Gasteiger charge is 2.25. The molecule has 1 N–H and O–H groups in total. The number of fused-ring (bicyclic) bond motifs is 1. The summed E-state index contributed by atoms with van der Waals surface area (Å²) in [4.78, 5) is 4.57. The number of thiazole rings is 1. The lowest BCUT2D eigenvalue weighted by atomic mass is 10.2. The van der Waals surface area contributed by atoms with E-state index < -0.39 is 10.0 Å². The van der Waals surface area contributed by atoms with E-state index in [0.717, 1.165) is 5.56 Å². The van der Waals surface area contributed by atoms with Crippen LogP contribution in [0.1, 0.15) is 0 Å². The monoisotopic (exact) mass is 394 g/mol. The van der Waals surface area contributed by atoms with Crippen molar-refractivity contribution in [3.63, 3.8) is 0 Å². The maximum Gasteiger partial charge on any atom is 0.281 e. The molecule has 4 aromatic rings. The second kappa shape index (κ2) is 5.83. The van der Waals surface area contributed by atoms with Gasteiger partial charge in [0.05, 0.1) is 0 Å². The second-order valence-electron chi connectivity index (χ2n) is 5.22. The van der Waals surface area contributed by atoms with Gasteiger partial charge in [-0.05, 0) is 12.1 Å². The SMILES string of the molecule is Cn1cnnc1-c1cccc(NS(=O)(=O)c2c(Cl)nc3sccn23)c1. The first-order valence-corrected chi connectivity index (χ1v) is 9.78. The Morgan fingerprint density at radius 2 is 2.16 bits per heavy atom. The third kappa shape index (κ3) is 2.77. The Bertz CT molecular complexity index is 1180. The first-order valence-electron chi connectivity index (χ1n) is 7.04. The highest BCUT2D eigenvalue weighted by atomic mass is 35.5. The standard InChI is InChI=1S/C14H11ClN6O2S2/c1-20-8-16-18-12(20)9-3-2-4-10(7-9)19-25(22,23)13-11(15)17-14-21(13)5-6-24-14/h2-8,19H,1H3. The maximum absolute atomic E-state index is 12.8. The van der Waals surface area contributed by atoms with E-state index in [9.17, 15) is 8.42 Å². The van der Waals surface area contributed by atoms with E-state index in [0.29, 0.717) is 16.5 Å². The van der Waals surface area contributed by atoms with Gasteiger partial charge in [0.25, 0.3) is 10.0 Å². The molecule has 0 amide bonds. The molecule has 0 aliphatic heterocycles. The van der Waals surface area contributed by atoms with Crippen molar-refractivity contribution < 1.29 is 8.42 Å². The van der Waals surface area contributed by atoms with Crippen molar-refractivity contribution in [2.24, 2.45) is 7.05 Å². The number of anilines is 1. The zero-order valence-electron chi connectivity index (χ0n) is 12.8. The lowest BCUT2D eigenvalue weighted by Gasteiger charge is -2.09. The van der Waals surface area contributed by atoms with Crippen molar-refractivity contribution in [1.29, 1.82) is 0 Å². The molecule has 25 heavy (non-hydrogen) atoms. The zero-order valence-corrected chi connectivity index (χ0v) is 15.2. The van der Waals surface area contributed by atoms with Gasteiger partial charge in [-0.15, -0.1) is 21.5 Å². The number of halogens is 1. The fourth-order valence-corrected chi connectivity index (χ4v) is 4.95. The zero-order chi connectivity index (χ0) is 17.6. The summed E-state index contributed by atoms with van der Waals surface area (Å²) < 4.78 is 31.3. The van der Waals surface area contributed by atoms with Gasteiger partial charge in [-0.1, -0.05) is 23.7 Å². The average molecular weight is 395 g/mol. The molecule has 0 atom stereocenters. The van der Waals surface area contributed by atoms with Crippen molar-refractivity contribution in [1.82, 2.24) is 24.1 Å². The molecule has 11 heteroatoms. The van der Waals surface area contributed by atoms with Crippen LogP contribution in [0, 0.1) is 0 Å². The highest BCUT2D eigenvalue weighted by Crippen LogP contribution is 2.28. The van der Waals surface area contributed by atoms with Gasteiger partial charge in [0, 0.05) is 29.9 Å². The number of hydrogen-bond acceptors (Lipinski definition) is 6. The molecular formula is C14H11ClN6O2S2. The molecule has 0 saturated carbocycles. The summed E-state index contributed by atoms with van der Waals surface area (Å²) in [5.41, 5.74) is 1.13. The average Bonchev–Trinajstić information content (AvgIpc) is 3.22. The molecule has 128 valence electrons. The molecule has 0 fully saturated rings. The molecule has 3 aromatic heterocycles. The van der Waals surface area contributed by atoms with Crippen LogP contribution < -0.4 is 4.72 Å². The molecular weight excluding hydrogens is 384 g/mol. The Morgan fingerprint density at radius 3 is 2.92 bits per heavy atom. The van der Waals surface area contributed by atoms with Gasteiger partial charge in [0.2, 0.25) is 0 Å². The summed E-state index contributed by atoms with van der Waals surface area (Å²) in [6.45, 7) is 0. The van der Waals surface area contributed by atoms with Gasteiger partial charge in [0.1, 0.15) is 6.33 Å². The molecule has 0 aliphatic carbocycles. The number of aryl methyl sites for hydroxylation is 1. The second-order valence-corrected chi connectivity index (χ2v) is 8.04. The minimum absolute atomic E-state index is 0.0659. The van der Waals surface area contributed by atoms with Crippen LogP contribution in [-0.4, -0.2) is 32.6 Å². The van der Waals surface area contributed by atoms with Crippen LogP contribution >= 0.6 is 22.9 Å². The molecule has 1 aromatic carbocycles. The first-order chi connectivity index (χ1) is 12.0. The summed E-state index contributed by atoms with van der Waals surface area (Å²) in [7, 11) is -2.10. The Labute approximate surface area is 151 Å². The van der Waals surface area contributed by atoms with Crippen molar-refractivity contribution >= 4 is 43.6 Å². The molecule has 3 heterocycles. The number of benzene rings is 1. The number of hydrogen-bond donors (Lipinski definition) is 1. The van der Waals surface area contributed by atoms with Crippen LogP contribution in [0.2, 0.25) is 5.15 Å². The molecule has 0 aliphatic rings. The fourth-order valence-electron chi connectivity index (χ4n) is 2.45. The van der Waals surface area contributed by atoms with Crippen LogP contribution in [0.4, 0.5) is 5.69 Å². The predicted octanol–water partition coefficient (Wildman–Crippen LogP) is 2.65. The summed E-state index contributed by atoms with van der Waals surface area (Å²) in [6, 6.07) is 6.89. The number of sulfonamides is 1. The normalized spacial score (nSPS) is 11.9. The number of nitrogens with one attached hydrogen (secondary N) is 1. The predicted molar refractivity (Wildman–Crippen MR) is 95.3 cm³/mol. The van der Waals surface area contributed by atoms with Gasteiger partial charge in [-0.2, -0.15) is 8.42 Å². The largest absolute Gasteiger partial charge is 0.317 e. The van der Waals surface area contributed by atoms with E-state index in [1.165, 1.54) is 15.7 Å². The smallest absolute Gasteiger partial charge is 0.281 e. The van der Waals surface area contributed by atoms with Crippen molar-refractivity contribution in [3.05, 3.63) is 47.3 Å². The number of rotatable bonds is 4. The number of nitrogens with zero attached hydrogens (tertiary/aromatic N) is 5. The molecule has 0 unspecified atom stereocenters. The highest BCUT2D eigenvalue weighted by molar-refractivity contribution is 7.92. The quantitative estimate of drug-likeness (QED) is 0.574. The van der Waals surface area contributed by atoms with Crippen molar-refractivity contribution in [2.75, 3.05) is 4.72 Å². The molecule has 0 spiro atoms. The van der Waals surface area contributed by atoms with Crippen LogP contribution in [-0.2, 0) is 17.1 Å². The molecule has 4 rings (SSSR count). The maximum atomic E-state index is 12.8. The fraction of sp³-hybridized carbons (Fsp3) is 0.0714. The van der Waals surface area contributed by atoms with Crippen molar-refractivity contribution in [2.45, 2.75) is 5.03 Å². The van der Waals surface area contributed by atoms with Gasteiger partial charge in [-0.3, -0.25) is 9.12 Å². The van der Waals surface area contributed by atoms with Crippen LogP contribution in [0.15, 0.2) is 47.2 Å². The number of aromatic nitrogens is 5. The van der Waals surface area contributed by atoms with Crippen molar-refractivity contribution in [3.8, 4) is 11.4 Å². The van der Waals surface area contributed by atoms with Gasteiger partial charge >= 0.3 is 0 Å². The molecule has 0 bridgehead atoms. The van der Waals surface area contributed by atoms with Crippen LogP contribution in [0.3, 0.4) is 0 Å². The third-order valence-corrected chi connectivity index (χ3v) is 6.05. The molecule has 0 saturated heterocycles. The van der Waals surface area contributed by atoms with E-state index in [1.54, 1.807) is 40.7 Å². The van der Waals surface area contributed by atoms with E-state index in [-0.39, 0.29) is 10.2 Å². The Hall–Kier alpha value is -2.43. The first kappa shape index (κ1) is 16.1. The summed E-state index contributed by atoms with van der Waals surface area (Å²) in [5.74, 6) is 0.628. The lowest BCUT2D eigenvalue weighted by molar-refractivity contribution is 0.597. The molecule has 0 radical (unpaired) electrons. The minimum Gasteiger partial charge on any atom is -0.317 e. The van der Waals surface area contributed by atoms with Crippen LogP contribution in [0.25, 0.3) is 16.3 Å².